The molecule has 0 amide bonds. The second-order valence-corrected chi connectivity index (χ2v) is 5.08. The van der Waals surface area contributed by atoms with Gasteiger partial charge in [-0.1, -0.05) is 23.2 Å². The molecule has 1 aromatic carbocycles. The van der Waals surface area contributed by atoms with Crippen LogP contribution in [0, 0.1) is 18.3 Å². The third-order valence-electron chi connectivity index (χ3n) is 2.30. The monoisotopic (exact) mass is 282 g/mol. The first-order chi connectivity index (χ1) is 8.11. The minimum atomic E-state index is 0.538. The van der Waals surface area contributed by atoms with Gasteiger partial charge in [0.1, 0.15) is 6.07 Å². The van der Waals surface area contributed by atoms with E-state index in [2.05, 4.69) is 11.4 Å². The van der Waals surface area contributed by atoms with Crippen LogP contribution < -0.4 is 5.32 Å². The van der Waals surface area contributed by atoms with E-state index >= 15 is 0 Å². The van der Waals surface area contributed by atoms with Crippen LogP contribution in [0.5, 0.6) is 0 Å². The van der Waals surface area contributed by atoms with Gasteiger partial charge in [0.05, 0.1) is 22.0 Å². The highest BCUT2D eigenvalue weighted by molar-refractivity contribution is 7.08. The highest BCUT2D eigenvalue weighted by Crippen LogP contribution is 2.32. The van der Waals surface area contributed by atoms with E-state index in [-0.39, 0.29) is 0 Å². The van der Waals surface area contributed by atoms with E-state index in [1.165, 1.54) is 11.3 Å². The zero-order valence-electron chi connectivity index (χ0n) is 8.92. The number of hydrogen-bond acceptors (Lipinski definition) is 3. The fourth-order valence-corrected chi connectivity index (χ4v) is 2.51. The summed E-state index contributed by atoms with van der Waals surface area (Å²) in [6.07, 6.45) is 0. The van der Waals surface area contributed by atoms with Gasteiger partial charge in [-0.2, -0.15) is 5.26 Å². The quantitative estimate of drug-likeness (QED) is 0.843. The predicted molar refractivity (Wildman–Crippen MR) is 73.5 cm³/mol. The van der Waals surface area contributed by atoms with Crippen LogP contribution in [0.3, 0.4) is 0 Å². The first-order valence-electron chi connectivity index (χ1n) is 4.81. The second-order valence-electron chi connectivity index (χ2n) is 3.52. The Kier molecular flexibility index (Phi) is 3.58. The summed E-state index contributed by atoms with van der Waals surface area (Å²) in [5, 5.41) is 16.9. The highest BCUT2D eigenvalue weighted by Gasteiger charge is 2.08. The highest BCUT2D eigenvalue weighted by atomic mass is 35.5. The Balaban J connectivity index is 2.37. The average molecular weight is 283 g/mol. The van der Waals surface area contributed by atoms with Crippen molar-refractivity contribution in [3.8, 4) is 6.07 Å². The number of rotatable bonds is 2. The maximum absolute atomic E-state index is 8.92. The zero-order chi connectivity index (χ0) is 12.4. The molecule has 0 radical (unpaired) electrons. The third kappa shape index (κ3) is 2.55. The molecule has 0 fully saturated rings. The fraction of sp³-hybridized carbons (Fsp3) is 0.0833. The van der Waals surface area contributed by atoms with Crippen LogP contribution in [0.25, 0.3) is 0 Å². The van der Waals surface area contributed by atoms with Gasteiger partial charge < -0.3 is 5.32 Å². The standard InChI is InChI=1S/C12H8Cl2N2S/c1-7-2-11(10(14)3-9(7)13)16-12-6-17-5-8(12)4-15/h2-3,5-6,16H,1H3. The molecule has 0 saturated heterocycles. The first-order valence-corrected chi connectivity index (χ1v) is 6.50. The van der Waals surface area contributed by atoms with Crippen molar-refractivity contribution >= 4 is 45.9 Å². The van der Waals surface area contributed by atoms with Crippen molar-refractivity contribution in [1.29, 1.82) is 5.26 Å². The SMILES string of the molecule is Cc1cc(Nc2cscc2C#N)c(Cl)cc1Cl. The Morgan fingerprint density at radius 3 is 2.65 bits per heavy atom. The Bertz CT molecular complexity index is 599. The molecule has 0 atom stereocenters. The van der Waals surface area contributed by atoms with Crippen LogP contribution in [0.4, 0.5) is 11.4 Å². The molecular formula is C12H8Cl2N2S. The van der Waals surface area contributed by atoms with E-state index < -0.39 is 0 Å². The molecule has 1 aromatic heterocycles. The van der Waals surface area contributed by atoms with Crippen LogP contribution in [-0.4, -0.2) is 0 Å². The van der Waals surface area contributed by atoms with Gasteiger partial charge >= 0.3 is 0 Å². The summed E-state index contributed by atoms with van der Waals surface area (Å²) >= 11 is 13.5. The maximum Gasteiger partial charge on any atom is 0.102 e. The molecule has 1 heterocycles. The molecule has 0 unspecified atom stereocenters. The molecule has 0 aliphatic heterocycles. The van der Waals surface area contributed by atoms with Crippen molar-refractivity contribution < 1.29 is 0 Å². The normalized spacial score (nSPS) is 10.0. The minimum Gasteiger partial charge on any atom is -0.353 e. The topological polar surface area (TPSA) is 35.8 Å². The van der Waals surface area contributed by atoms with Crippen molar-refractivity contribution in [2.45, 2.75) is 6.92 Å². The Morgan fingerprint density at radius 2 is 1.94 bits per heavy atom. The lowest BCUT2D eigenvalue weighted by Gasteiger charge is -2.09. The summed E-state index contributed by atoms with van der Waals surface area (Å²) in [6, 6.07) is 5.68. The van der Waals surface area contributed by atoms with E-state index in [0.29, 0.717) is 15.6 Å². The van der Waals surface area contributed by atoms with Gasteiger partial charge in [0.25, 0.3) is 0 Å². The summed E-state index contributed by atoms with van der Waals surface area (Å²) in [6.45, 7) is 1.91. The van der Waals surface area contributed by atoms with Crippen LogP contribution in [0.15, 0.2) is 22.9 Å². The van der Waals surface area contributed by atoms with E-state index in [0.717, 1.165) is 16.9 Å². The summed E-state index contributed by atoms with van der Waals surface area (Å²) in [5.41, 5.74) is 3.07. The number of halogens is 2. The minimum absolute atomic E-state index is 0.538. The number of hydrogen-bond donors (Lipinski definition) is 1. The number of nitrogens with one attached hydrogen (secondary N) is 1. The molecular weight excluding hydrogens is 275 g/mol. The lowest BCUT2D eigenvalue weighted by atomic mass is 10.2. The van der Waals surface area contributed by atoms with Gasteiger partial charge in [-0.25, -0.2) is 0 Å². The van der Waals surface area contributed by atoms with Gasteiger partial charge in [0.2, 0.25) is 0 Å². The molecule has 0 saturated carbocycles. The van der Waals surface area contributed by atoms with Crippen LogP contribution >= 0.6 is 34.5 Å². The molecule has 0 spiro atoms. The molecule has 0 bridgehead atoms. The summed E-state index contributed by atoms with van der Waals surface area (Å²) in [5.74, 6) is 0. The lowest BCUT2D eigenvalue weighted by Crippen LogP contribution is -1.92. The van der Waals surface area contributed by atoms with Crippen LogP contribution in [0.1, 0.15) is 11.1 Å². The smallest absolute Gasteiger partial charge is 0.102 e. The van der Waals surface area contributed by atoms with Gasteiger partial charge in [0, 0.05) is 15.8 Å². The van der Waals surface area contributed by atoms with Gasteiger partial charge in [0.15, 0.2) is 0 Å². The van der Waals surface area contributed by atoms with E-state index in [9.17, 15) is 0 Å². The van der Waals surface area contributed by atoms with Crippen LogP contribution in [0.2, 0.25) is 10.0 Å². The maximum atomic E-state index is 8.92. The molecule has 5 heteroatoms. The lowest BCUT2D eigenvalue weighted by molar-refractivity contribution is 1.44. The van der Waals surface area contributed by atoms with Crippen molar-refractivity contribution in [3.05, 3.63) is 44.1 Å². The number of anilines is 2. The zero-order valence-corrected chi connectivity index (χ0v) is 11.2. The molecule has 0 aliphatic carbocycles. The molecule has 2 rings (SSSR count). The van der Waals surface area contributed by atoms with E-state index in [1.807, 2.05) is 18.4 Å². The molecule has 1 N–H and O–H groups in total. The Labute approximate surface area is 113 Å². The number of thiophene rings is 1. The third-order valence-corrected chi connectivity index (χ3v) is 3.76. The van der Waals surface area contributed by atoms with E-state index in [4.69, 9.17) is 28.5 Å². The van der Waals surface area contributed by atoms with Crippen molar-refractivity contribution in [1.82, 2.24) is 0 Å². The van der Waals surface area contributed by atoms with Crippen molar-refractivity contribution in [3.63, 3.8) is 0 Å². The van der Waals surface area contributed by atoms with E-state index in [1.54, 1.807) is 11.4 Å². The number of benzene rings is 1. The Hall–Kier alpha value is -1.21. The largest absolute Gasteiger partial charge is 0.353 e. The molecule has 0 aliphatic rings. The fourth-order valence-electron chi connectivity index (χ4n) is 1.38. The van der Waals surface area contributed by atoms with Gasteiger partial charge in [-0.15, -0.1) is 11.3 Å². The van der Waals surface area contributed by atoms with Crippen molar-refractivity contribution in [2.75, 3.05) is 5.32 Å². The number of nitriles is 1. The first kappa shape index (κ1) is 12.3. The predicted octanol–water partition coefficient (Wildman–Crippen LogP) is 4.98. The molecule has 17 heavy (non-hydrogen) atoms. The van der Waals surface area contributed by atoms with Gasteiger partial charge in [-0.3, -0.25) is 0 Å². The number of aryl methyl sites for hydroxylation is 1. The average Bonchev–Trinajstić information content (AvgIpc) is 2.73. The number of nitrogens with zero attached hydrogens (tertiary/aromatic N) is 1. The molecule has 2 nitrogen and oxygen atoms in total. The Morgan fingerprint density at radius 1 is 1.18 bits per heavy atom. The van der Waals surface area contributed by atoms with Crippen molar-refractivity contribution in [2.24, 2.45) is 0 Å². The summed E-state index contributed by atoms with van der Waals surface area (Å²) in [7, 11) is 0. The molecule has 2 aromatic rings. The summed E-state index contributed by atoms with van der Waals surface area (Å²) in [4.78, 5) is 0. The second kappa shape index (κ2) is 4.97. The molecule has 86 valence electrons. The summed E-state index contributed by atoms with van der Waals surface area (Å²) < 4.78 is 0. The van der Waals surface area contributed by atoms with Crippen LogP contribution in [-0.2, 0) is 0 Å². The van der Waals surface area contributed by atoms with Gasteiger partial charge in [-0.05, 0) is 24.6 Å².